The SMILES string of the molecule is COc1cc2ccnc(OCCCN)c2cc1OC. The van der Waals surface area contributed by atoms with E-state index < -0.39 is 0 Å². The number of pyridine rings is 1. The Balaban J connectivity index is 2.42. The van der Waals surface area contributed by atoms with Crippen LogP contribution in [0.1, 0.15) is 6.42 Å². The van der Waals surface area contributed by atoms with Crippen LogP contribution in [-0.2, 0) is 0 Å². The molecule has 0 atom stereocenters. The molecule has 2 aromatic rings. The second-order valence-corrected chi connectivity index (χ2v) is 4.04. The Hall–Kier alpha value is -2.01. The predicted molar refractivity (Wildman–Crippen MR) is 74.0 cm³/mol. The molecule has 1 heterocycles. The smallest absolute Gasteiger partial charge is 0.221 e. The number of rotatable bonds is 6. The molecule has 2 N–H and O–H groups in total. The first kappa shape index (κ1) is 13.4. The van der Waals surface area contributed by atoms with Crippen molar-refractivity contribution in [3.05, 3.63) is 24.4 Å². The Bertz CT molecular complexity index is 558. The zero-order valence-corrected chi connectivity index (χ0v) is 11.2. The number of fused-ring (bicyclic) bond motifs is 1. The van der Waals surface area contributed by atoms with Gasteiger partial charge in [0.15, 0.2) is 11.5 Å². The van der Waals surface area contributed by atoms with E-state index in [2.05, 4.69) is 4.98 Å². The number of nitrogens with zero attached hydrogens (tertiary/aromatic N) is 1. The van der Waals surface area contributed by atoms with Crippen molar-refractivity contribution in [1.82, 2.24) is 4.98 Å². The molecule has 0 fully saturated rings. The summed E-state index contributed by atoms with van der Waals surface area (Å²) in [6.07, 6.45) is 2.51. The van der Waals surface area contributed by atoms with E-state index in [4.69, 9.17) is 19.9 Å². The fourth-order valence-electron chi connectivity index (χ4n) is 1.84. The molecule has 1 aromatic carbocycles. The maximum Gasteiger partial charge on any atom is 0.221 e. The van der Waals surface area contributed by atoms with Gasteiger partial charge in [0.1, 0.15) is 0 Å². The van der Waals surface area contributed by atoms with Crippen LogP contribution in [0.4, 0.5) is 0 Å². The number of hydrogen-bond acceptors (Lipinski definition) is 5. The second-order valence-electron chi connectivity index (χ2n) is 4.04. The minimum atomic E-state index is 0.553. The van der Waals surface area contributed by atoms with E-state index >= 15 is 0 Å². The molecule has 2 rings (SSSR count). The lowest BCUT2D eigenvalue weighted by Crippen LogP contribution is -2.07. The Labute approximate surface area is 112 Å². The molecular formula is C14H18N2O3. The average molecular weight is 262 g/mol. The van der Waals surface area contributed by atoms with Gasteiger partial charge >= 0.3 is 0 Å². The molecule has 0 aliphatic carbocycles. The summed E-state index contributed by atoms with van der Waals surface area (Å²) < 4.78 is 16.2. The van der Waals surface area contributed by atoms with Gasteiger partial charge in [-0.2, -0.15) is 0 Å². The fraction of sp³-hybridized carbons (Fsp3) is 0.357. The zero-order valence-electron chi connectivity index (χ0n) is 11.2. The topological polar surface area (TPSA) is 66.6 Å². The van der Waals surface area contributed by atoms with Crippen LogP contribution in [0.15, 0.2) is 24.4 Å². The van der Waals surface area contributed by atoms with Gasteiger partial charge in [0.05, 0.1) is 20.8 Å². The normalized spacial score (nSPS) is 10.5. The molecule has 5 nitrogen and oxygen atoms in total. The molecular weight excluding hydrogens is 244 g/mol. The van der Waals surface area contributed by atoms with Crippen molar-refractivity contribution in [2.45, 2.75) is 6.42 Å². The fourth-order valence-corrected chi connectivity index (χ4v) is 1.84. The number of hydrogen-bond donors (Lipinski definition) is 1. The summed E-state index contributed by atoms with van der Waals surface area (Å²) in [5, 5.41) is 1.90. The van der Waals surface area contributed by atoms with Crippen LogP contribution in [-0.4, -0.2) is 32.4 Å². The summed E-state index contributed by atoms with van der Waals surface area (Å²) in [5.41, 5.74) is 5.45. The molecule has 0 amide bonds. The number of benzene rings is 1. The summed E-state index contributed by atoms with van der Waals surface area (Å²) in [6, 6.07) is 5.69. The van der Waals surface area contributed by atoms with E-state index in [0.29, 0.717) is 30.5 Å². The van der Waals surface area contributed by atoms with Gasteiger partial charge in [-0.15, -0.1) is 0 Å². The highest BCUT2D eigenvalue weighted by Gasteiger charge is 2.10. The van der Waals surface area contributed by atoms with Crippen molar-refractivity contribution in [3.63, 3.8) is 0 Å². The van der Waals surface area contributed by atoms with E-state index in [1.54, 1.807) is 20.4 Å². The minimum absolute atomic E-state index is 0.553. The van der Waals surface area contributed by atoms with Crippen LogP contribution in [0.2, 0.25) is 0 Å². The molecule has 102 valence electrons. The maximum atomic E-state index is 5.65. The van der Waals surface area contributed by atoms with Crippen LogP contribution in [0.25, 0.3) is 10.8 Å². The van der Waals surface area contributed by atoms with Gasteiger partial charge in [-0.3, -0.25) is 0 Å². The van der Waals surface area contributed by atoms with Gasteiger partial charge in [-0.05, 0) is 36.6 Å². The van der Waals surface area contributed by atoms with E-state index in [1.807, 2.05) is 18.2 Å². The highest BCUT2D eigenvalue weighted by molar-refractivity contribution is 5.89. The average Bonchev–Trinajstić information content (AvgIpc) is 2.46. The summed E-state index contributed by atoms with van der Waals surface area (Å²) in [7, 11) is 3.22. The van der Waals surface area contributed by atoms with Crippen LogP contribution in [0, 0.1) is 0 Å². The van der Waals surface area contributed by atoms with E-state index in [0.717, 1.165) is 17.2 Å². The lowest BCUT2D eigenvalue weighted by molar-refractivity contribution is 0.305. The quantitative estimate of drug-likeness (QED) is 0.806. The standard InChI is InChI=1S/C14H18N2O3/c1-17-12-8-10-4-6-16-14(19-7-3-5-15)11(10)9-13(12)18-2/h4,6,8-9H,3,5,7,15H2,1-2H3. The summed E-state index contributed by atoms with van der Waals surface area (Å²) in [6.45, 7) is 1.15. The number of nitrogens with two attached hydrogens (primary N) is 1. The van der Waals surface area contributed by atoms with Gasteiger partial charge in [-0.1, -0.05) is 0 Å². The third kappa shape index (κ3) is 2.88. The molecule has 0 bridgehead atoms. The first-order valence-electron chi connectivity index (χ1n) is 6.13. The van der Waals surface area contributed by atoms with E-state index in [-0.39, 0.29) is 0 Å². The Morgan fingerprint density at radius 2 is 1.89 bits per heavy atom. The first-order chi connectivity index (χ1) is 9.30. The largest absolute Gasteiger partial charge is 0.493 e. The third-order valence-electron chi connectivity index (χ3n) is 2.82. The van der Waals surface area contributed by atoms with Crippen molar-refractivity contribution in [2.24, 2.45) is 5.73 Å². The van der Waals surface area contributed by atoms with E-state index in [1.165, 1.54) is 0 Å². The van der Waals surface area contributed by atoms with Crippen molar-refractivity contribution in [3.8, 4) is 17.4 Å². The van der Waals surface area contributed by atoms with Gasteiger partial charge in [-0.25, -0.2) is 4.98 Å². The van der Waals surface area contributed by atoms with Crippen molar-refractivity contribution in [2.75, 3.05) is 27.4 Å². The lowest BCUT2D eigenvalue weighted by atomic mass is 10.1. The van der Waals surface area contributed by atoms with Gasteiger partial charge in [0.2, 0.25) is 5.88 Å². The van der Waals surface area contributed by atoms with Crippen molar-refractivity contribution >= 4 is 10.8 Å². The monoisotopic (exact) mass is 262 g/mol. The number of aromatic nitrogens is 1. The molecule has 0 radical (unpaired) electrons. The second kappa shape index (κ2) is 6.24. The number of methoxy groups -OCH3 is 2. The van der Waals surface area contributed by atoms with Gasteiger partial charge in [0, 0.05) is 11.6 Å². The van der Waals surface area contributed by atoms with Crippen LogP contribution >= 0.6 is 0 Å². The lowest BCUT2D eigenvalue weighted by Gasteiger charge is -2.11. The summed E-state index contributed by atoms with van der Waals surface area (Å²) in [4.78, 5) is 4.25. The molecule has 5 heteroatoms. The zero-order chi connectivity index (χ0) is 13.7. The molecule has 0 unspecified atom stereocenters. The first-order valence-corrected chi connectivity index (χ1v) is 6.13. The highest BCUT2D eigenvalue weighted by atomic mass is 16.5. The molecule has 0 saturated heterocycles. The van der Waals surface area contributed by atoms with Gasteiger partial charge < -0.3 is 19.9 Å². The van der Waals surface area contributed by atoms with Crippen molar-refractivity contribution in [1.29, 1.82) is 0 Å². The van der Waals surface area contributed by atoms with Gasteiger partial charge in [0.25, 0.3) is 0 Å². The molecule has 0 spiro atoms. The minimum Gasteiger partial charge on any atom is -0.493 e. The van der Waals surface area contributed by atoms with E-state index in [9.17, 15) is 0 Å². The predicted octanol–water partition coefficient (Wildman–Crippen LogP) is 1.98. The Morgan fingerprint density at radius 3 is 2.58 bits per heavy atom. The molecule has 0 aliphatic rings. The Kier molecular flexibility index (Phi) is 4.41. The highest BCUT2D eigenvalue weighted by Crippen LogP contribution is 2.35. The van der Waals surface area contributed by atoms with Crippen LogP contribution < -0.4 is 19.9 Å². The molecule has 1 aromatic heterocycles. The van der Waals surface area contributed by atoms with Crippen molar-refractivity contribution < 1.29 is 14.2 Å². The summed E-state index contributed by atoms with van der Waals surface area (Å²) >= 11 is 0. The third-order valence-corrected chi connectivity index (χ3v) is 2.82. The Morgan fingerprint density at radius 1 is 1.16 bits per heavy atom. The molecule has 19 heavy (non-hydrogen) atoms. The molecule has 0 aliphatic heterocycles. The molecule has 0 saturated carbocycles. The van der Waals surface area contributed by atoms with Crippen LogP contribution in [0.3, 0.4) is 0 Å². The van der Waals surface area contributed by atoms with Crippen LogP contribution in [0.5, 0.6) is 17.4 Å². The maximum absolute atomic E-state index is 5.65. The summed E-state index contributed by atoms with van der Waals surface area (Å²) in [5.74, 6) is 1.94. The number of ether oxygens (including phenoxy) is 3.